The molecule has 5 rings (SSSR count). The zero-order chi connectivity index (χ0) is 20.0. The van der Waals surface area contributed by atoms with E-state index >= 15 is 0 Å². The Labute approximate surface area is 174 Å². The second kappa shape index (κ2) is 7.17. The molecule has 0 radical (unpaired) electrons. The van der Waals surface area contributed by atoms with E-state index in [2.05, 4.69) is 41.0 Å². The lowest BCUT2D eigenvalue weighted by Gasteiger charge is -2.36. The summed E-state index contributed by atoms with van der Waals surface area (Å²) in [5, 5.41) is 0. The fourth-order valence-electron chi connectivity index (χ4n) is 5.33. The molecular formula is C25H31N3O. The van der Waals surface area contributed by atoms with Gasteiger partial charge in [0.15, 0.2) is 0 Å². The van der Waals surface area contributed by atoms with Crippen LogP contribution < -0.4 is 4.90 Å². The number of piperidine rings is 1. The van der Waals surface area contributed by atoms with Crippen LogP contribution in [0.25, 0.3) is 0 Å². The molecule has 1 amide bonds. The average Bonchev–Trinajstić information content (AvgIpc) is 3.35. The average molecular weight is 390 g/mol. The number of amides is 1. The summed E-state index contributed by atoms with van der Waals surface area (Å²) in [5.74, 6) is 1.02. The van der Waals surface area contributed by atoms with Crippen molar-refractivity contribution in [1.82, 2.24) is 9.80 Å². The number of rotatable bonds is 4. The van der Waals surface area contributed by atoms with Gasteiger partial charge in [0, 0.05) is 55.9 Å². The molecule has 29 heavy (non-hydrogen) atoms. The van der Waals surface area contributed by atoms with Gasteiger partial charge < -0.3 is 14.7 Å². The summed E-state index contributed by atoms with van der Waals surface area (Å²) >= 11 is 0. The first-order chi connectivity index (χ1) is 14.1. The van der Waals surface area contributed by atoms with Crippen LogP contribution in [0.1, 0.15) is 34.8 Å². The summed E-state index contributed by atoms with van der Waals surface area (Å²) in [4.78, 5) is 19.7. The lowest BCUT2D eigenvalue weighted by atomic mass is 9.94. The predicted octanol–water partition coefficient (Wildman–Crippen LogP) is 3.55. The molecule has 3 fully saturated rings. The summed E-state index contributed by atoms with van der Waals surface area (Å²) in [6.45, 7) is 11.4. The molecule has 0 bridgehead atoms. The van der Waals surface area contributed by atoms with Crippen LogP contribution in [0, 0.1) is 12.8 Å². The molecular weight excluding hydrogens is 358 g/mol. The lowest BCUT2D eigenvalue weighted by molar-refractivity contribution is 0.0747. The first-order valence-corrected chi connectivity index (χ1v) is 11.0. The van der Waals surface area contributed by atoms with Crippen LogP contribution in [-0.2, 0) is 5.41 Å². The van der Waals surface area contributed by atoms with Gasteiger partial charge in [-0.05, 0) is 55.6 Å². The minimum absolute atomic E-state index is 0.153. The van der Waals surface area contributed by atoms with Crippen molar-refractivity contribution in [2.45, 2.75) is 25.7 Å². The molecule has 4 heteroatoms. The molecule has 152 valence electrons. The van der Waals surface area contributed by atoms with Crippen molar-refractivity contribution in [3.63, 3.8) is 0 Å². The molecule has 2 saturated heterocycles. The van der Waals surface area contributed by atoms with Crippen LogP contribution in [0.5, 0.6) is 0 Å². The van der Waals surface area contributed by atoms with E-state index in [1.165, 1.54) is 42.9 Å². The van der Waals surface area contributed by atoms with Crippen molar-refractivity contribution in [3.05, 3.63) is 65.2 Å². The van der Waals surface area contributed by atoms with E-state index in [9.17, 15) is 4.79 Å². The van der Waals surface area contributed by atoms with E-state index in [4.69, 9.17) is 0 Å². The molecule has 2 heterocycles. The molecule has 4 nitrogen and oxygen atoms in total. The van der Waals surface area contributed by atoms with E-state index < -0.39 is 0 Å². The van der Waals surface area contributed by atoms with Crippen molar-refractivity contribution in [1.29, 1.82) is 0 Å². The van der Waals surface area contributed by atoms with E-state index in [0.717, 1.165) is 37.7 Å². The zero-order valence-electron chi connectivity index (χ0n) is 17.6. The van der Waals surface area contributed by atoms with E-state index in [-0.39, 0.29) is 5.91 Å². The number of aryl methyl sites for hydroxylation is 1. The normalized spacial score (nSPS) is 26.5. The Bertz CT molecular complexity index is 883. The van der Waals surface area contributed by atoms with Gasteiger partial charge in [0.05, 0.1) is 0 Å². The summed E-state index contributed by atoms with van der Waals surface area (Å²) in [6.07, 6.45) is 1.36. The molecule has 1 saturated carbocycles. The van der Waals surface area contributed by atoms with Gasteiger partial charge in [0.2, 0.25) is 0 Å². The van der Waals surface area contributed by atoms with Gasteiger partial charge >= 0.3 is 0 Å². The standard InChI is InChI=1S/C25H31N3O/c1-3-26-17-22-16-25(22,18-26)21-8-10-23(11-9-21)27-12-14-28(15-13-27)24(29)20-6-4-19(2)5-7-20/h4-11,22H,3,12-18H2,1-2H3. The molecule has 0 spiro atoms. The largest absolute Gasteiger partial charge is 0.368 e. The summed E-state index contributed by atoms with van der Waals surface area (Å²) in [7, 11) is 0. The van der Waals surface area contributed by atoms with Crippen molar-refractivity contribution in [3.8, 4) is 0 Å². The molecule has 2 aromatic carbocycles. The number of fused-ring (bicyclic) bond motifs is 1. The number of benzene rings is 2. The second-order valence-corrected chi connectivity index (χ2v) is 9.08. The highest BCUT2D eigenvalue weighted by Crippen LogP contribution is 2.59. The van der Waals surface area contributed by atoms with Crippen molar-refractivity contribution < 1.29 is 4.79 Å². The van der Waals surface area contributed by atoms with E-state index in [1.807, 2.05) is 36.1 Å². The van der Waals surface area contributed by atoms with Gasteiger partial charge in [-0.25, -0.2) is 0 Å². The number of anilines is 1. The molecule has 2 unspecified atom stereocenters. The maximum absolute atomic E-state index is 12.7. The van der Waals surface area contributed by atoms with Crippen molar-refractivity contribution >= 4 is 11.6 Å². The van der Waals surface area contributed by atoms with Crippen LogP contribution in [0.4, 0.5) is 5.69 Å². The van der Waals surface area contributed by atoms with Crippen LogP contribution in [-0.4, -0.2) is 61.5 Å². The molecule has 2 atom stereocenters. The fraction of sp³-hybridized carbons (Fsp3) is 0.480. The van der Waals surface area contributed by atoms with Gasteiger partial charge in [-0.15, -0.1) is 0 Å². The number of carbonyl (C=O) groups excluding carboxylic acids is 1. The number of piperazine rings is 1. The Hall–Kier alpha value is -2.33. The molecule has 1 aliphatic carbocycles. The molecule has 2 aliphatic heterocycles. The quantitative estimate of drug-likeness (QED) is 0.800. The summed E-state index contributed by atoms with van der Waals surface area (Å²) in [6, 6.07) is 17.2. The monoisotopic (exact) mass is 389 g/mol. The summed E-state index contributed by atoms with van der Waals surface area (Å²) < 4.78 is 0. The molecule has 3 aliphatic rings. The van der Waals surface area contributed by atoms with Gasteiger partial charge in [-0.1, -0.05) is 36.8 Å². The third-order valence-corrected chi connectivity index (χ3v) is 7.34. The van der Waals surface area contributed by atoms with Crippen molar-refractivity contribution in [2.75, 3.05) is 50.7 Å². The third-order valence-electron chi connectivity index (χ3n) is 7.34. The highest BCUT2D eigenvalue weighted by molar-refractivity contribution is 5.94. The Morgan fingerprint density at radius 1 is 1.00 bits per heavy atom. The van der Waals surface area contributed by atoms with Crippen LogP contribution in [0.2, 0.25) is 0 Å². The topological polar surface area (TPSA) is 26.8 Å². The Balaban J connectivity index is 1.20. The Kier molecular flexibility index (Phi) is 4.62. The SMILES string of the molecule is CCN1CC2CC2(c2ccc(N3CCN(C(=O)c4ccc(C)cc4)CC3)cc2)C1. The van der Waals surface area contributed by atoms with Crippen molar-refractivity contribution in [2.24, 2.45) is 5.92 Å². The van der Waals surface area contributed by atoms with Gasteiger partial charge in [-0.3, -0.25) is 4.79 Å². The first kappa shape index (κ1) is 18.7. The molecule has 0 N–H and O–H groups in total. The number of nitrogens with zero attached hydrogens (tertiary/aromatic N) is 3. The number of likely N-dealkylation sites (N-methyl/N-ethyl adjacent to an activating group) is 1. The predicted molar refractivity (Wildman–Crippen MR) is 118 cm³/mol. The number of hydrogen-bond donors (Lipinski definition) is 0. The van der Waals surface area contributed by atoms with E-state index in [0.29, 0.717) is 5.41 Å². The maximum atomic E-state index is 12.7. The number of likely N-dealkylation sites (tertiary alicyclic amines) is 1. The van der Waals surface area contributed by atoms with Gasteiger partial charge in [-0.2, -0.15) is 0 Å². The highest BCUT2D eigenvalue weighted by atomic mass is 16.2. The van der Waals surface area contributed by atoms with E-state index in [1.54, 1.807) is 0 Å². The first-order valence-electron chi connectivity index (χ1n) is 11.0. The fourth-order valence-corrected chi connectivity index (χ4v) is 5.33. The minimum atomic E-state index is 0.153. The molecule has 0 aromatic heterocycles. The maximum Gasteiger partial charge on any atom is 0.253 e. The van der Waals surface area contributed by atoms with Gasteiger partial charge in [0.25, 0.3) is 5.91 Å². The number of carbonyl (C=O) groups is 1. The van der Waals surface area contributed by atoms with Crippen LogP contribution in [0.15, 0.2) is 48.5 Å². The van der Waals surface area contributed by atoms with Gasteiger partial charge in [0.1, 0.15) is 0 Å². The summed E-state index contributed by atoms with van der Waals surface area (Å²) in [5.41, 5.74) is 5.23. The minimum Gasteiger partial charge on any atom is -0.368 e. The number of hydrogen-bond acceptors (Lipinski definition) is 3. The smallest absolute Gasteiger partial charge is 0.253 e. The zero-order valence-corrected chi connectivity index (χ0v) is 17.6. The highest BCUT2D eigenvalue weighted by Gasteiger charge is 2.60. The Morgan fingerprint density at radius 2 is 1.69 bits per heavy atom. The van der Waals surface area contributed by atoms with Crippen LogP contribution in [0.3, 0.4) is 0 Å². The lowest BCUT2D eigenvalue weighted by Crippen LogP contribution is -2.48. The molecule has 2 aromatic rings. The van der Waals surface area contributed by atoms with Crippen LogP contribution >= 0.6 is 0 Å². The Morgan fingerprint density at radius 3 is 2.31 bits per heavy atom. The third kappa shape index (κ3) is 3.33. The second-order valence-electron chi connectivity index (χ2n) is 9.08.